The predicted molar refractivity (Wildman–Crippen MR) is 137 cm³/mol. The van der Waals surface area contributed by atoms with E-state index in [0.29, 0.717) is 12.5 Å². The fraction of sp³-hybridized carbons (Fsp3) is 0.409. The Balaban J connectivity index is 0.00000363. The first kappa shape index (κ1) is 26.2. The molecule has 0 amide bonds. The fourth-order valence-corrected chi connectivity index (χ4v) is 4.76. The van der Waals surface area contributed by atoms with E-state index in [1.807, 2.05) is 31.2 Å². The number of rotatable bonds is 7. The van der Waals surface area contributed by atoms with Crippen LogP contribution in [0.4, 0.5) is 10.1 Å². The second-order valence-electron chi connectivity index (χ2n) is 7.13. The molecule has 10 heteroatoms. The van der Waals surface area contributed by atoms with Crippen molar-refractivity contribution >= 4 is 45.5 Å². The first-order valence-electron chi connectivity index (χ1n) is 10.3. The van der Waals surface area contributed by atoms with Crippen LogP contribution < -0.4 is 15.0 Å². The molecule has 2 aromatic rings. The van der Waals surface area contributed by atoms with Crippen LogP contribution in [-0.2, 0) is 9.84 Å². The maximum absolute atomic E-state index is 13.9. The number of halogens is 2. The summed E-state index contributed by atoms with van der Waals surface area (Å²) >= 11 is 0. The molecule has 1 heterocycles. The van der Waals surface area contributed by atoms with Crippen molar-refractivity contribution in [2.45, 2.75) is 11.8 Å². The van der Waals surface area contributed by atoms with Gasteiger partial charge in [-0.2, -0.15) is 0 Å². The minimum Gasteiger partial charge on any atom is -0.495 e. The van der Waals surface area contributed by atoms with E-state index < -0.39 is 15.7 Å². The smallest absolute Gasteiger partial charge is 0.194 e. The summed E-state index contributed by atoms with van der Waals surface area (Å²) in [6.07, 6.45) is 0. The number of nitrogens with one attached hydrogen (secondary N) is 1. The third kappa shape index (κ3) is 6.47. The molecule has 3 rings (SSSR count). The summed E-state index contributed by atoms with van der Waals surface area (Å²) < 4.78 is 44.3. The second-order valence-corrected chi connectivity index (χ2v) is 9.21. The highest BCUT2D eigenvalue weighted by atomic mass is 127. The Labute approximate surface area is 206 Å². The maximum atomic E-state index is 13.9. The summed E-state index contributed by atoms with van der Waals surface area (Å²) in [5.74, 6) is 0.538. The molecule has 0 bridgehead atoms. The number of aliphatic imine (C=N–C) groups is 1. The topological polar surface area (TPSA) is 74.2 Å². The van der Waals surface area contributed by atoms with Gasteiger partial charge in [-0.15, -0.1) is 24.0 Å². The standard InChI is InChI=1S/C22H29FN4O3S.HI/c1-3-24-22(25-12-17-31(28,29)21-11-7-4-8-18(21)23)27-15-13-26(14-16-27)19-9-5-6-10-20(19)30-2;/h4-11H,3,12-17H2,1-2H3,(H,24,25);1H. The van der Waals surface area contributed by atoms with Crippen molar-refractivity contribution in [2.24, 2.45) is 4.99 Å². The maximum Gasteiger partial charge on any atom is 0.194 e. The van der Waals surface area contributed by atoms with Crippen LogP contribution in [0.2, 0.25) is 0 Å². The van der Waals surface area contributed by atoms with Gasteiger partial charge >= 0.3 is 0 Å². The fourth-order valence-electron chi connectivity index (χ4n) is 3.55. The normalized spacial score (nSPS) is 14.7. The molecular formula is C22H30FIN4O3S. The zero-order chi connectivity index (χ0) is 22.3. The molecule has 1 aliphatic heterocycles. The Hall–Kier alpha value is -2.08. The number of guanidine groups is 1. The molecule has 1 fully saturated rings. The molecule has 0 aliphatic carbocycles. The number of ether oxygens (including phenoxy) is 1. The lowest BCUT2D eigenvalue weighted by atomic mass is 10.2. The number of anilines is 1. The Morgan fingerprint density at radius 3 is 2.41 bits per heavy atom. The summed E-state index contributed by atoms with van der Waals surface area (Å²) in [7, 11) is -2.07. The van der Waals surface area contributed by atoms with Crippen molar-refractivity contribution in [1.82, 2.24) is 10.2 Å². The van der Waals surface area contributed by atoms with Crippen molar-refractivity contribution in [1.29, 1.82) is 0 Å². The third-order valence-electron chi connectivity index (χ3n) is 5.13. The van der Waals surface area contributed by atoms with Gasteiger partial charge in [0.25, 0.3) is 0 Å². The molecule has 0 radical (unpaired) electrons. The second kappa shape index (κ2) is 12.2. The van der Waals surface area contributed by atoms with E-state index in [-0.39, 0.29) is 41.2 Å². The molecule has 2 aromatic carbocycles. The lowest BCUT2D eigenvalue weighted by molar-refractivity contribution is 0.367. The molecule has 0 atom stereocenters. The van der Waals surface area contributed by atoms with Gasteiger partial charge in [0, 0.05) is 32.7 Å². The van der Waals surface area contributed by atoms with Gasteiger partial charge in [-0.05, 0) is 31.2 Å². The van der Waals surface area contributed by atoms with Crippen LogP contribution in [0.3, 0.4) is 0 Å². The molecular weight excluding hydrogens is 546 g/mol. The summed E-state index contributed by atoms with van der Waals surface area (Å²) in [6.45, 7) is 5.76. The minimum atomic E-state index is -3.74. The number of benzene rings is 2. The van der Waals surface area contributed by atoms with E-state index in [4.69, 9.17) is 4.74 Å². The van der Waals surface area contributed by atoms with E-state index in [9.17, 15) is 12.8 Å². The van der Waals surface area contributed by atoms with E-state index in [1.165, 1.54) is 18.2 Å². The van der Waals surface area contributed by atoms with Crippen LogP contribution in [0.25, 0.3) is 0 Å². The average molecular weight is 576 g/mol. The summed E-state index contributed by atoms with van der Waals surface area (Å²) in [4.78, 5) is 8.60. The van der Waals surface area contributed by atoms with Crippen molar-refractivity contribution in [3.05, 3.63) is 54.3 Å². The first-order valence-corrected chi connectivity index (χ1v) is 12.0. The van der Waals surface area contributed by atoms with Gasteiger partial charge in [0.1, 0.15) is 16.5 Å². The highest BCUT2D eigenvalue weighted by molar-refractivity contribution is 14.0. The monoisotopic (exact) mass is 576 g/mol. The van der Waals surface area contributed by atoms with Crippen LogP contribution in [0.1, 0.15) is 6.92 Å². The van der Waals surface area contributed by atoms with Crippen molar-refractivity contribution in [3.8, 4) is 5.75 Å². The van der Waals surface area contributed by atoms with Crippen LogP contribution in [0.15, 0.2) is 58.4 Å². The van der Waals surface area contributed by atoms with Gasteiger partial charge in [-0.25, -0.2) is 12.8 Å². The largest absolute Gasteiger partial charge is 0.495 e. The number of methoxy groups -OCH3 is 1. The summed E-state index contributed by atoms with van der Waals surface area (Å²) in [6, 6.07) is 13.4. The molecule has 1 saturated heterocycles. The van der Waals surface area contributed by atoms with Crippen LogP contribution in [0, 0.1) is 5.82 Å². The summed E-state index contributed by atoms with van der Waals surface area (Å²) in [5, 5.41) is 3.23. The highest BCUT2D eigenvalue weighted by Gasteiger charge is 2.22. The number of nitrogens with zero attached hydrogens (tertiary/aromatic N) is 3. The zero-order valence-electron chi connectivity index (χ0n) is 18.3. The van der Waals surface area contributed by atoms with E-state index in [0.717, 1.165) is 43.7 Å². The predicted octanol–water partition coefficient (Wildman–Crippen LogP) is 3.01. The number of para-hydroxylation sites is 2. The molecule has 1 N–H and O–H groups in total. The van der Waals surface area contributed by atoms with Gasteiger partial charge in [0.05, 0.1) is 25.1 Å². The Morgan fingerprint density at radius 1 is 1.09 bits per heavy atom. The van der Waals surface area contributed by atoms with Gasteiger partial charge in [-0.1, -0.05) is 24.3 Å². The third-order valence-corrected chi connectivity index (χ3v) is 6.85. The molecule has 0 saturated carbocycles. The van der Waals surface area contributed by atoms with E-state index in [2.05, 4.69) is 20.1 Å². The zero-order valence-corrected chi connectivity index (χ0v) is 21.5. The quantitative estimate of drug-likeness (QED) is 0.311. The Kier molecular flexibility index (Phi) is 10.0. The lowest BCUT2D eigenvalue weighted by Crippen LogP contribution is -2.52. The number of sulfone groups is 1. The van der Waals surface area contributed by atoms with E-state index in [1.54, 1.807) is 7.11 Å². The number of hydrogen-bond donors (Lipinski definition) is 1. The molecule has 7 nitrogen and oxygen atoms in total. The van der Waals surface area contributed by atoms with Crippen LogP contribution in [0.5, 0.6) is 5.75 Å². The highest BCUT2D eigenvalue weighted by Crippen LogP contribution is 2.28. The molecule has 0 spiro atoms. The molecule has 1 aliphatic rings. The molecule has 32 heavy (non-hydrogen) atoms. The van der Waals surface area contributed by atoms with Gasteiger partial charge < -0.3 is 19.9 Å². The Bertz CT molecular complexity index is 1010. The molecule has 0 unspecified atom stereocenters. The molecule has 0 aromatic heterocycles. The summed E-state index contributed by atoms with van der Waals surface area (Å²) in [5.41, 5.74) is 1.06. The molecule has 176 valence electrons. The van der Waals surface area contributed by atoms with Gasteiger partial charge in [0.15, 0.2) is 15.8 Å². The van der Waals surface area contributed by atoms with Gasteiger partial charge in [-0.3, -0.25) is 4.99 Å². The van der Waals surface area contributed by atoms with Crippen molar-refractivity contribution in [3.63, 3.8) is 0 Å². The SMILES string of the molecule is CCNC(=NCCS(=O)(=O)c1ccccc1F)N1CCN(c2ccccc2OC)CC1.I. The number of piperazine rings is 1. The van der Waals surface area contributed by atoms with Crippen molar-refractivity contribution < 1.29 is 17.5 Å². The van der Waals surface area contributed by atoms with Crippen molar-refractivity contribution in [2.75, 3.05) is 57.0 Å². The number of hydrogen-bond acceptors (Lipinski definition) is 5. The Morgan fingerprint density at radius 2 is 1.75 bits per heavy atom. The van der Waals surface area contributed by atoms with Gasteiger partial charge in [0.2, 0.25) is 0 Å². The lowest BCUT2D eigenvalue weighted by Gasteiger charge is -2.38. The average Bonchev–Trinajstić information content (AvgIpc) is 2.78. The van der Waals surface area contributed by atoms with E-state index >= 15 is 0 Å². The first-order chi connectivity index (χ1) is 15.0. The van der Waals surface area contributed by atoms with Crippen LogP contribution >= 0.6 is 24.0 Å². The van der Waals surface area contributed by atoms with Crippen LogP contribution in [-0.4, -0.2) is 71.4 Å². The minimum absolute atomic E-state index is 0.